The molecule has 1 aromatic carbocycles. The van der Waals surface area contributed by atoms with Gasteiger partial charge in [0.05, 0.1) is 16.5 Å². The summed E-state index contributed by atoms with van der Waals surface area (Å²) < 4.78 is 7.08. The van der Waals surface area contributed by atoms with E-state index in [0.717, 1.165) is 18.4 Å². The maximum atomic E-state index is 12.5. The van der Waals surface area contributed by atoms with Gasteiger partial charge >= 0.3 is 0 Å². The number of benzene rings is 1. The van der Waals surface area contributed by atoms with Crippen LogP contribution in [-0.2, 0) is 18.3 Å². The fourth-order valence-corrected chi connectivity index (χ4v) is 3.55. The Morgan fingerprint density at radius 2 is 2.04 bits per heavy atom. The van der Waals surface area contributed by atoms with Crippen LogP contribution < -0.4 is 0 Å². The molecular weight excluding hydrogens is 403 g/mol. The number of nitrogens with zero attached hydrogens (tertiary/aromatic N) is 6. The maximum Gasteiger partial charge on any atom is 0.230 e. The first-order chi connectivity index (χ1) is 13.5. The number of hydrogen-bond acceptors (Lipinski definition) is 6. The summed E-state index contributed by atoms with van der Waals surface area (Å²) in [4.78, 5) is 23.0. The number of aryl methyl sites for hydroxylation is 1. The minimum atomic E-state index is 0.0524. The standard InChI is InChI=1S/C18H18Cl2N6O2/c1-25-15(21-10-22-25)9-16(27)26-6-4-11(5-7-26)18-23-17(24-28-18)12-2-3-13(19)14(20)8-12/h2-3,8,10-11H,4-7,9H2,1H3. The fourth-order valence-electron chi connectivity index (χ4n) is 3.26. The third kappa shape index (κ3) is 3.88. The Balaban J connectivity index is 1.37. The molecule has 3 aromatic rings. The number of piperidine rings is 1. The molecule has 0 unspecified atom stereocenters. The van der Waals surface area contributed by atoms with E-state index in [0.29, 0.717) is 40.7 Å². The first-order valence-electron chi connectivity index (χ1n) is 8.91. The van der Waals surface area contributed by atoms with Crippen LogP contribution in [0.1, 0.15) is 30.5 Å². The molecule has 1 aliphatic rings. The van der Waals surface area contributed by atoms with Crippen molar-refractivity contribution in [1.82, 2.24) is 29.8 Å². The number of amides is 1. The van der Waals surface area contributed by atoms with Crippen LogP contribution in [0.5, 0.6) is 0 Å². The van der Waals surface area contributed by atoms with Gasteiger partial charge in [-0.05, 0) is 31.0 Å². The predicted octanol–water partition coefficient (Wildman–Crippen LogP) is 3.12. The first kappa shape index (κ1) is 18.9. The lowest BCUT2D eigenvalue weighted by atomic mass is 9.96. The number of aromatic nitrogens is 5. The van der Waals surface area contributed by atoms with E-state index in [4.69, 9.17) is 27.7 Å². The van der Waals surface area contributed by atoms with E-state index < -0.39 is 0 Å². The van der Waals surface area contributed by atoms with Gasteiger partial charge in [0.2, 0.25) is 17.6 Å². The molecule has 1 aliphatic heterocycles. The Morgan fingerprint density at radius 1 is 1.25 bits per heavy atom. The lowest BCUT2D eigenvalue weighted by Gasteiger charge is -2.30. The molecule has 4 rings (SSSR count). The Bertz CT molecular complexity index is 994. The second kappa shape index (κ2) is 7.89. The van der Waals surface area contributed by atoms with Crippen molar-refractivity contribution in [2.75, 3.05) is 13.1 Å². The van der Waals surface area contributed by atoms with E-state index in [2.05, 4.69) is 20.2 Å². The summed E-state index contributed by atoms with van der Waals surface area (Å²) in [5, 5.41) is 8.98. The number of halogens is 2. The van der Waals surface area contributed by atoms with Gasteiger partial charge in [-0.3, -0.25) is 9.48 Å². The van der Waals surface area contributed by atoms with Crippen molar-refractivity contribution in [2.45, 2.75) is 25.2 Å². The average molecular weight is 421 g/mol. The normalized spacial score (nSPS) is 15.2. The van der Waals surface area contributed by atoms with E-state index in [9.17, 15) is 4.79 Å². The zero-order chi connectivity index (χ0) is 19.7. The van der Waals surface area contributed by atoms with E-state index >= 15 is 0 Å². The highest BCUT2D eigenvalue weighted by Gasteiger charge is 2.28. The second-order valence-corrected chi connectivity index (χ2v) is 7.53. The quantitative estimate of drug-likeness (QED) is 0.643. The summed E-state index contributed by atoms with van der Waals surface area (Å²) >= 11 is 12.0. The van der Waals surface area contributed by atoms with E-state index in [1.54, 1.807) is 29.9 Å². The fraction of sp³-hybridized carbons (Fsp3) is 0.389. The van der Waals surface area contributed by atoms with Crippen molar-refractivity contribution >= 4 is 29.1 Å². The lowest BCUT2D eigenvalue weighted by molar-refractivity contribution is -0.131. The molecule has 8 nitrogen and oxygen atoms in total. The summed E-state index contributed by atoms with van der Waals surface area (Å²) in [5.74, 6) is 1.91. The molecule has 1 fully saturated rings. The van der Waals surface area contributed by atoms with Crippen LogP contribution in [-0.4, -0.2) is 48.8 Å². The second-order valence-electron chi connectivity index (χ2n) is 6.72. The molecule has 10 heteroatoms. The average Bonchev–Trinajstić information content (AvgIpc) is 3.34. The number of carbonyl (C=O) groups excluding carboxylic acids is 1. The Morgan fingerprint density at radius 3 is 2.71 bits per heavy atom. The van der Waals surface area contributed by atoms with Crippen molar-refractivity contribution < 1.29 is 9.32 Å². The Labute approximate surface area is 171 Å². The predicted molar refractivity (Wildman–Crippen MR) is 103 cm³/mol. The van der Waals surface area contributed by atoms with Crippen molar-refractivity contribution in [3.8, 4) is 11.4 Å². The van der Waals surface area contributed by atoms with Gasteiger partial charge in [-0.15, -0.1) is 0 Å². The Hall–Kier alpha value is -2.45. The molecule has 0 radical (unpaired) electrons. The van der Waals surface area contributed by atoms with Gasteiger partial charge in [0.25, 0.3) is 0 Å². The SMILES string of the molecule is Cn1ncnc1CC(=O)N1CCC(c2nc(-c3ccc(Cl)c(Cl)c3)no2)CC1. The molecule has 1 amide bonds. The summed E-state index contributed by atoms with van der Waals surface area (Å²) in [5.41, 5.74) is 0.751. The van der Waals surface area contributed by atoms with Crippen LogP contribution in [0.3, 0.4) is 0 Å². The summed E-state index contributed by atoms with van der Waals surface area (Å²) in [6.07, 6.45) is 3.25. The molecule has 0 bridgehead atoms. The Kier molecular flexibility index (Phi) is 5.32. The lowest BCUT2D eigenvalue weighted by Crippen LogP contribution is -2.39. The van der Waals surface area contributed by atoms with Crippen LogP contribution in [0.15, 0.2) is 29.0 Å². The minimum absolute atomic E-state index is 0.0524. The van der Waals surface area contributed by atoms with Gasteiger partial charge in [0, 0.05) is 31.6 Å². The number of carbonyl (C=O) groups is 1. The molecule has 146 valence electrons. The highest BCUT2D eigenvalue weighted by molar-refractivity contribution is 6.42. The topological polar surface area (TPSA) is 89.9 Å². The zero-order valence-electron chi connectivity index (χ0n) is 15.2. The highest BCUT2D eigenvalue weighted by Crippen LogP contribution is 2.31. The molecule has 0 saturated carbocycles. The number of rotatable bonds is 4. The van der Waals surface area contributed by atoms with E-state index in [1.807, 2.05) is 4.90 Å². The van der Waals surface area contributed by atoms with Crippen molar-refractivity contribution in [3.63, 3.8) is 0 Å². The first-order valence-corrected chi connectivity index (χ1v) is 9.66. The molecule has 0 N–H and O–H groups in total. The third-order valence-corrected chi connectivity index (χ3v) is 5.67. The molecule has 3 heterocycles. The van der Waals surface area contributed by atoms with Gasteiger partial charge in [-0.2, -0.15) is 10.1 Å². The van der Waals surface area contributed by atoms with Crippen molar-refractivity contribution in [3.05, 3.63) is 46.3 Å². The minimum Gasteiger partial charge on any atom is -0.342 e. The van der Waals surface area contributed by atoms with Crippen LogP contribution >= 0.6 is 23.2 Å². The molecule has 1 saturated heterocycles. The summed E-state index contributed by atoms with van der Waals surface area (Å²) in [7, 11) is 1.78. The van der Waals surface area contributed by atoms with Crippen LogP contribution in [0, 0.1) is 0 Å². The van der Waals surface area contributed by atoms with Gasteiger partial charge < -0.3 is 9.42 Å². The molecular formula is C18H18Cl2N6O2. The molecule has 28 heavy (non-hydrogen) atoms. The smallest absolute Gasteiger partial charge is 0.230 e. The van der Waals surface area contributed by atoms with Gasteiger partial charge in [-0.25, -0.2) is 4.98 Å². The maximum absolute atomic E-state index is 12.5. The highest BCUT2D eigenvalue weighted by atomic mass is 35.5. The van der Waals surface area contributed by atoms with Gasteiger partial charge in [0.15, 0.2) is 0 Å². The summed E-state index contributed by atoms with van der Waals surface area (Å²) in [6, 6.07) is 5.22. The number of likely N-dealkylation sites (tertiary alicyclic amines) is 1. The molecule has 2 aromatic heterocycles. The van der Waals surface area contributed by atoms with Crippen molar-refractivity contribution in [2.24, 2.45) is 7.05 Å². The third-order valence-electron chi connectivity index (χ3n) is 4.93. The molecule has 0 atom stereocenters. The summed E-state index contributed by atoms with van der Waals surface area (Å²) in [6.45, 7) is 1.29. The zero-order valence-corrected chi connectivity index (χ0v) is 16.7. The van der Waals surface area contributed by atoms with Crippen molar-refractivity contribution in [1.29, 1.82) is 0 Å². The van der Waals surface area contributed by atoms with E-state index in [1.165, 1.54) is 6.33 Å². The monoisotopic (exact) mass is 420 g/mol. The van der Waals surface area contributed by atoms with Crippen LogP contribution in [0.2, 0.25) is 10.0 Å². The van der Waals surface area contributed by atoms with E-state index in [-0.39, 0.29) is 18.2 Å². The van der Waals surface area contributed by atoms with Gasteiger partial charge in [0.1, 0.15) is 12.2 Å². The molecule has 0 aliphatic carbocycles. The number of hydrogen-bond donors (Lipinski definition) is 0. The molecule has 0 spiro atoms. The van der Waals surface area contributed by atoms with Crippen LogP contribution in [0.25, 0.3) is 11.4 Å². The van der Waals surface area contributed by atoms with Crippen LogP contribution in [0.4, 0.5) is 0 Å². The largest absolute Gasteiger partial charge is 0.342 e. The van der Waals surface area contributed by atoms with Gasteiger partial charge in [-0.1, -0.05) is 28.4 Å².